The normalized spacial score (nSPS) is 14.6. The van der Waals surface area contributed by atoms with Crippen LogP contribution < -0.4 is 0 Å². The number of amides is 1. The van der Waals surface area contributed by atoms with Crippen molar-refractivity contribution in [1.29, 1.82) is 0 Å². The lowest BCUT2D eigenvalue weighted by molar-refractivity contribution is 0.0692. The monoisotopic (exact) mass is 485 g/mol. The second-order valence-corrected chi connectivity index (χ2v) is 9.30. The van der Waals surface area contributed by atoms with E-state index in [1.54, 1.807) is 12.4 Å². The molecule has 0 unspecified atom stereocenters. The quantitative estimate of drug-likeness (QED) is 0.348. The molecule has 4 nitrogen and oxygen atoms in total. The molecule has 0 N–H and O–H groups in total. The Bertz CT molecular complexity index is 1240. The molecule has 1 aliphatic rings. The van der Waals surface area contributed by atoms with Gasteiger partial charge in [0.2, 0.25) is 0 Å². The van der Waals surface area contributed by atoms with E-state index in [1.165, 1.54) is 5.56 Å². The van der Waals surface area contributed by atoms with Crippen LogP contribution in [0.4, 0.5) is 0 Å². The molecule has 5 heteroatoms. The van der Waals surface area contributed by atoms with Crippen molar-refractivity contribution in [3.63, 3.8) is 0 Å². The molecule has 1 fully saturated rings. The molecule has 0 radical (unpaired) electrons. The molecule has 0 atom stereocenters. The van der Waals surface area contributed by atoms with E-state index in [0.717, 1.165) is 59.0 Å². The Labute approximate surface area is 196 Å². The van der Waals surface area contributed by atoms with E-state index in [1.807, 2.05) is 41.3 Å². The highest BCUT2D eigenvalue weighted by Crippen LogP contribution is 2.29. The van der Waals surface area contributed by atoms with E-state index in [-0.39, 0.29) is 5.91 Å². The Kier molecular flexibility index (Phi) is 5.99. The van der Waals surface area contributed by atoms with Crippen LogP contribution in [0.3, 0.4) is 0 Å². The molecule has 2 aromatic carbocycles. The molecule has 0 saturated carbocycles. The van der Waals surface area contributed by atoms with Crippen molar-refractivity contribution in [1.82, 2.24) is 14.9 Å². The summed E-state index contributed by atoms with van der Waals surface area (Å²) in [5, 5.41) is 0.878. The molecule has 1 amide bonds. The number of hydrogen-bond acceptors (Lipinski definition) is 3. The van der Waals surface area contributed by atoms with Crippen LogP contribution in [0.1, 0.15) is 28.8 Å². The number of likely N-dealkylation sites (tertiary alicyclic amines) is 1. The fourth-order valence-corrected chi connectivity index (χ4v) is 4.86. The number of carbonyl (C=O) groups is 1. The summed E-state index contributed by atoms with van der Waals surface area (Å²) in [6.45, 7) is 1.58. The number of rotatable bonds is 4. The van der Waals surface area contributed by atoms with Gasteiger partial charge in [0, 0.05) is 40.9 Å². The summed E-state index contributed by atoms with van der Waals surface area (Å²) in [5.41, 5.74) is 4.58. The van der Waals surface area contributed by atoms with Gasteiger partial charge in [0.25, 0.3) is 5.91 Å². The number of hydrogen-bond donors (Lipinski definition) is 0. The Morgan fingerprint density at radius 3 is 2.56 bits per heavy atom. The minimum Gasteiger partial charge on any atom is -0.339 e. The summed E-state index contributed by atoms with van der Waals surface area (Å²) in [7, 11) is 0. The number of pyridine rings is 2. The highest BCUT2D eigenvalue weighted by Gasteiger charge is 2.25. The molecule has 0 bridgehead atoms. The fraction of sp³-hybridized carbons (Fsp3) is 0.222. The van der Waals surface area contributed by atoms with E-state index in [9.17, 15) is 4.79 Å². The zero-order chi connectivity index (χ0) is 21.9. The molecule has 0 aliphatic carbocycles. The predicted molar refractivity (Wildman–Crippen MR) is 131 cm³/mol. The van der Waals surface area contributed by atoms with Gasteiger partial charge in [-0.3, -0.25) is 9.78 Å². The summed E-state index contributed by atoms with van der Waals surface area (Å²) in [6.07, 6.45) is 6.68. The maximum atomic E-state index is 13.6. The van der Waals surface area contributed by atoms with E-state index in [0.29, 0.717) is 11.5 Å². The van der Waals surface area contributed by atoms with Gasteiger partial charge in [-0.15, -0.1) is 0 Å². The summed E-state index contributed by atoms with van der Waals surface area (Å²) < 4.78 is 0.941. The molecule has 4 aromatic rings. The Balaban J connectivity index is 1.41. The molecule has 32 heavy (non-hydrogen) atoms. The summed E-state index contributed by atoms with van der Waals surface area (Å²) in [5.74, 6) is 0.703. The average molecular weight is 486 g/mol. The fourth-order valence-electron chi connectivity index (χ4n) is 4.50. The van der Waals surface area contributed by atoms with Crippen molar-refractivity contribution >= 4 is 32.7 Å². The van der Waals surface area contributed by atoms with Crippen molar-refractivity contribution in [2.75, 3.05) is 13.1 Å². The van der Waals surface area contributed by atoms with Crippen molar-refractivity contribution in [2.24, 2.45) is 5.92 Å². The van der Waals surface area contributed by atoms with Gasteiger partial charge in [0.15, 0.2) is 0 Å². The summed E-state index contributed by atoms with van der Waals surface area (Å²) >= 11 is 3.55. The molecule has 160 valence electrons. The smallest absolute Gasteiger partial charge is 0.254 e. The second kappa shape index (κ2) is 9.21. The first-order valence-electron chi connectivity index (χ1n) is 11.0. The maximum Gasteiger partial charge on any atom is 0.254 e. The number of aromatic nitrogens is 2. The lowest BCUT2D eigenvalue weighted by atomic mass is 9.90. The number of halogens is 1. The molecule has 1 saturated heterocycles. The standard InChI is InChI=1S/C27H24BrN3O/c28-22-8-9-25-23(16-22)24(17-26(30-25)21-7-4-12-29-18-21)27(32)31-13-10-20(11-14-31)15-19-5-2-1-3-6-19/h1-9,12,16-18,20H,10-11,13-15H2. The third-order valence-electron chi connectivity index (χ3n) is 6.23. The summed E-state index contributed by atoms with van der Waals surface area (Å²) in [6, 6.07) is 22.3. The zero-order valence-corrected chi connectivity index (χ0v) is 19.3. The molecule has 1 aliphatic heterocycles. The SMILES string of the molecule is O=C(c1cc(-c2cccnc2)nc2ccc(Br)cc12)N1CCC(Cc2ccccc2)CC1. The van der Waals surface area contributed by atoms with Crippen LogP contribution in [-0.4, -0.2) is 33.9 Å². The molecule has 5 rings (SSSR count). The van der Waals surface area contributed by atoms with Gasteiger partial charge >= 0.3 is 0 Å². The third kappa shape index (κ3) is 4.44. The van der Waals surface area contributed by atoms with Gasteiger partial charge in [-0.05, 0) is 67.1 Å². The lowest BCUT2D eigenvalue weighted by Crippen LogP contribution is -2.39. The van der Waals surface area contributed by atoms with Gasteiger partial charge < -0.3 is 4.90 Å². The Hall–Kier alpha value is -3.05. The average Bonchev–Trinajstić information content (AvgIpc) is 2.85. The number of fused-ring (bicyclic) bond motifs is 1. The highest BCUT2D eigenvalue weighted by atomic mass is 79.9. The second-order valence-electron chi connectivity index (χ2n) is 8.38. The number of nitrogens with zero attached hydrogens (tertiary/aromatic N) is 3. The molecule has 3 heterocycles. The van der Waals surface area contributed by atoms with Crippen LogP contribution >= 0.6 is 15.9 Å². The van der Waals surface area contributed by atoms with E-state index >= 15 is 0 Å². The summed E-state index contributed by atoms with van der Waals surface area (Å²) in [4.78, 5) is 24.7. The van der Waals surface area contributed by atoms with Crippen LogP contribution in [0.2, 0.25) is 0 Å². The van der Waals surface area contributed by atoms with E-state index in [2.05, 4.69) is 51.2 Å². The number of benzene rings is 2. The van der Waals surface area contributed by atoms with Crippen LogP contribution in [-0.2, 0) is 6.42 Å². The Morgan fingerprint density at radius 1 is 1.00 bits per heavy atom. The third-order valence-corrected chi connectivity index (χ3v) is 6.72. The first-order chi connectivity index (χ1) is 15.7. The van der Waals surface area contributed by atoms with Crippen LogP contribution in [0.25, 0.3) is 22.2 Å². The van der Waals surface area contributed by atoms with E-state index < -0.39 is 0 Å². The van der Waals surface area contributed by atoms with Crippen molar-refractivity contribution in [3.05, 3.63) is 94.7 Å². The number of piperidine rings is 1. The topological polar surface area (TPSA) is 46.1 Å². The van der Waals surface area contributed by atoms with E-state index in [4.69, 9.17) is 4.98 Å². The zero-order valence-electron chi connectivity index (χ0n) is 17.7. The number of carbonyl (C=O) groups excluding carboxylic acids is 1. The minimum absolute atomic E-state index is 0.0822. The van der Waals surface area contributed by atoms with Crippen molar-refractivity contribution < 1.29 is 4.79 Å². The first-order valence-corrected chi connectivity index (χ1v) is 11.8. The van der Waals surface area contributed by atoms with Crippen LogP contribution in [0, 0.1) is 5.92 Å². The van der Waals surface area contributed by atoms with Crippen LogP contribution in [0.15, 0.2) is 83.6 Å². The molecular weight excluding hydrogens is 462 g/mol. The van der Waals surface area contributed by atoms with Gasteiger partial charge in [-0.25, -0.2) is 4.98 Å². The van der Waals surface area contributed by atoms with Crippen molar-refractivity contribution in [3.8, 4) is 11.3 Å². The molecule has 2 aromatic heterocycles. The predicted octanol–water partition coefficient (Wildman–Crippen LogP) is 6.15. The van der Waals surface area contributed by atoms with Gasteiger partial charge in [0.05, 0.1) is 16.8 Å². The van der Waals surface area contributed by atoms with Gasteiger partial charge in [0.1, 0.15) is 0 Å². The minimum atomic E-state index is 0.0822. The molecular formula is C27H24BrN3O. The molecule has 0 spiro atoms. The van der Waals surface area contributed by atoms with Gasteiger partial charge in [-0.1, -0.05) is 46.3 Å². The largest absolute Gasteiger partial charge is 0.339 e. The first kappa shape index (κ1) is 20.8. The maximum absolute atomic E-state index is 13.6. The highest BCUT2D eigenvalue weighted by molar-refractivity contribution is 9.10. The van der Waals surface area contributed by atoms with Gasteiger partial charge in [-0.2, -0.15) is 0 Å². The Morgan fingerprint density at radius 2 is 1.81 bits per heavy atom. The lowest BCUT2D eigenvalue weighted by Gasteiger charge is -2.32. The van der Waals surface area contributed by atoms with Crippen molar-refractivity contribution in [2.45, 2.75) is 19.3 Å². The van der Waals surface area contributed by atoms with Crippen LogP contribution in [0.5, 0.6) is 0 Å².